The van der Waals surface area contributed by atoms with E-state index in [0.717, 1.165) is 0 Å². The van der Waals surface area contributed by atoms with Crippen molar-refractivity contribution in [3.8, 4) is 11.5 Å². The molecule has 1 fully saturated rings. The second-order valence-corrected chi connectivity index (χ2v) is 5.75. The molecular weight excluding hydrogens is 346 g/mol. The molecule has 0 saturated carbocycles. The Hall–Kier alpha value is -3.30. The number of nitrogens with two attached hydrogens (primary N) is 1. The van der Waals surface area contributed by atoms with Gasteiger partial charge < -0.3 is 24.8 Å². The highest BCUT2D eigenvalue weighted by Gasteiger charge is 2.36. The Labute approximate surface area is 148 Å². The van der Waals surface area contributed by atoms with E-state index in [9.17, 15) is 19.2 Å². The zero-order valence-corrected chi connectivity index (χ0v) is 13.7. The van der Waals surface area contributed by atoms with Crippen molar-refractivity contribution in [1.82, 2.24) is 5.32 Å². The van der Waals surface area contributed by atoms with Crippen molar-refractivity contribution in [2.75, 3.05) is 31.3 Å². The van der Waals surface area contributed by atoms with Crippen LogP contribution < -0.4 is 25.4 Å². The lowest BCUT2D eigenvalue weighted by molar-refractivity contribution is -0.152. The number of primary amides is 1. The largest absolute Gasteiger partial charge is 0.486 e. The number of imide groups is 1. The summed E-state index contributed by atoms with van der Waals surface area (Å²) in [5.74, 6) is -1.35. The summed E-state index contributed by atoms with van der Waals surface area (Å²) in [6.07, 6.45) is -0.0370. The maximum absolute atomic E-state index is 12.2. The summed E-state index contributed by atoms with van der Waals surface area (Å²) in [6, 6.07) is 4.06. The quantitative estimate of drug-likeness (QED) is 0.691. The van der Waals surface area contributed by atoms with Gasteiger partial charge in [-0.15, -0.1) is 0 Å². The van der Waals surface area contributed by atoms with Gasteiger partial charge in [0.1, 0.15) is 13.2 Å². The monoisotopic (exact) mass is 363 g/mol. The summed E-state index contributed by atoms with van der Waals surface area (Å²) in [5.41, 5.74) is 5.37. The number of nitrogens with one attached hydrogen (secondary N) is 1. The van der Waals surface area contributed by atoms with Gasteiger partial charge in [0.2, 0.25) is 5.91 Å². The number of fused-ring (bicyclic) bond motifs is 1. The Morgan fingerprint density at radius 2 is 1.96 bits per heavy atom. The lowest BCUT2D eigenvalue weighted by Gasteiger charge is -2.22. The number of benzene rings is 1. The highest BCUT2D eigenvalue weighted by molar-refractivity contribution is 6.00. The molecule has 0 radical (unpaired) electrons. The van der Waals surface area contributed by atoms with E-state index in [2.05, 4.69) is 0 Å². The predicted octanol–water partition coefficient (Wildman–Crippen LogP) is -0.451. The summed E-state index contributed by atoms with van der Waals surface area (Å²) >= 11 is 0. The molecule has 3 N–H and O–H groups in total. The van der Waals surface area contributed by atoms with Crippen LogP contribution >= 0.6 is 0 Å². The number of nitrogens with zero attached hydrogens (tertiary/aromatic N) is 1. The molecule has 1 atom stereocenters. The second kappa shape index (κ2) is 7.30. The van der Waals surface area contributed by atoms with Crippen LogP contribution in [0.4, 0.5) is 10.5 Å². The third-order valence-corrected chi connectivity index (χ3v) is 3.90. The number of carbonyl (C=O) groups is 4. The molecule has 138 valence electrons. The van der Waals surface area contributed by atoms with Crippen molar-refractivity contribution in [1.29, 1.82) is 0 Å². The van der Waals surface area contributed by atoms with Crippen LogP contribution in [0.15, 0.2) is 18.2 Å². The minimum atomic E-state index is -1.04. The maximum Gasteiger partial charge on any atom is 0.318 e. The Morgan fingerprint density at radius 3 is 2.69 bits per heavy atom. The predicted molar refractivity (Wildman–Crippen MR) is 86.6 cm³/mol. The van der Waals surface area contributed by atoms with Crippen LogP contribution in [0, 0.1) is 5.92 Å². The second-order valence-electron chi connectivity index (χ2n) is 5.75. The van der Waals surface area contributed by atoms with E-state index in [-0.39, 0.29) is 18.9 Å². The topological polar surface area (TPSA) is 137 Å². The van der Waals surface area contributed by atoms with Crippen molar-refractivity contribution < 1.29 is 33.4 Å². The average molecular weight is 363 g/mol. The molecule has 1 aromatic carbocycles. The molecule has 10 heteroatoms. The number of hydrogen-bond donors (Lipinski definition) is 2. The van der Waals surface area contributed by atoms with E-state index >= 15 is 0 Å². The van der Waals surface area contributed by atoms with Gasteiger partial charge in [-0.1, -0.05) is 0 Å². The van der Waals surface area contributed by atoms with Gasteiger partial charge in [0.25, 0.3) is 5.91 Å². The fourth-order valence-electron chi connectivity index (χ4n) is 2.74. The van der Waals surface area contributed by atoms with Gasteiger partial charge in [-0.05, 0) is 12.1 Å². The number of urea groups is 1. The molecule has 1 saturated heterocycles. The molecule has 2 heterocycles. The van der Waals surface area contributed by atoms with Gasteiger partial charge in [0.05, 0.1) is 5.92 Å². The fourth-order valence-corrected chi connectivity index (χ4v) is 2.74. The average Bonchev–Trinajstić information content (AvgIpc) is 3.00. The standard InChI is InChI=1S/C16H17N3O7/c17-16(23)18-13(20)8-26-15(22)9-5-14(21)19(7-9)10-1-2-11-12(6-10)25-4-3-24-11/h1-2,6,9H,3-5,7-8H2,(H3,17,18,20,23). The zero-order chi connectivity index (χ0) is 18.7. The number of esters is 1. The van der Waals surface area contributed by atoms with Gasteiger partial charge >= 0.3 is 12.0 Å². The van der Waals surface area contributed by atoms with Gasteiger partial charge in [-0.3, -0.25) is 19.7 Å². The van der Waals surface area contributed by atoms with Crippen LogP contribution in [0.25, 0.3) is 0 Å². The first kappa shape index (κ1) is 17.5. The lowest BCUT2D eigenvalue weighted by Crippen LogP contribution is -2.38. The molecule has 10 nitrogen and oxygen atoms in total. The van der Waals surface area contributed by atoms with Gasteiger partial charge in [-0.25, -0.2) is 4.79 Å². The van der Waals surface area contributed by atoms with Gasteiger partial charge in [-0.2, -0.15) is 0 Å². The molecular formula is C16H17N3O7. The van der Waals surface area contributed by atoms with Crippen molar-refractivity contribution >= 4 is 29.5 Å². The summed E-state index contributed by atoms with van der Waals surface area (Å²) < 4.78 is 15.8. The molecule has 1 unspecified atom stereocenters. The number of amides is 4. The van der Waals surface area contributed by atoms with E-state index in [4.69, 9.17) is 19.9 Å². The third kappa shape index (κ3) is 3.85. The number of ether oxygens (including phenoxy) is 3. The van der Waals surface area contributed by atoms with Crippen molar-refractivity contribution in [3.05, 3.63) is 18.2 Å². The Kier molecular flexibility index (Phi) is 4.92. The Bertz CT molecular complexity index is 764. The molecule has 0 aliphatic carbocycles. The summed E-state index contributed by atoms with van der Waals surface area (Å²) in [5, 5.41) is 1.78. The number of rotatable bonds is 4. The van der Waals surface area contributed by atoms with Crippen LogP contribution in [0.5, 0.6) is 11.5 Å². The van der Waals surface area contributed by atoms with E-state index < -0.39 is 30.4 Å². The van der Waals surface area contributed by atoms with Crippen molar-refractivity contribution in [2.45, 2.75) is 6.42 Å². The van der Waals surface area contributed by atoms with Crippen LogP contribution in [-0.4, -0.2) is 50.2 Å². The summed E-state index contributed by atoms with van der Waals surface area (Å²) in [4.78, 5) is 47.5. The third-order valence-electron chi connectivity index (χ3n) is 3.90. The molecule has 2 aliphatic heterocycles. The number of hydrogen-bond acceptors (Lipinski definition) is 7. The fraction of sp³-hybridized carbons (Fsp3) is 0.375. The van der Waals surface area contributed by atoms with Crippen LogP contribution in [0.1, 0.15) is 6.42 Å². The van der Waals surface area contributed by atoms with Crippen LogP contribution in [0.3, 0.4) is 0 Å². The molecule has 2 aliphatic rings. The van der Waals surface area contributed by atoms with Gasteiger partial charge in [0.15, 0.2) is 18.1 Å². The highest BCUT2D eigenvalue weighted by atomic mass is 16.6. The number of carbonyl (C=O) groups excluding carboxylic acids is 4. The van der Waals surface area contributed by atoms with E-state index in [1.54, 1.807) is 23.5 Å². The first-order chi connectivity index (χ1) is 12.4. The van der Waals surface area contributed by atoms with E-state index in [1.165, 1.54) is 4.90 Å². The molecule has 0 spiro atoms. The van der Waals surface area contributed by atoms with Crippen LogP contribution in [0.2, 0.25) is 0 Å². The van der Waals surface area contributed by atoms with Crippen LogP contribution in [-0.2, 0) is 19.1 Å². The van der Waals surface area contributed by atoms with Crippen molar-refractivity contribution in [3.63, 3.8) is 0 Å². The maximum atomic E-state index is 12.2. The highest BCUT2D eigenvalue weighted by Crippen LogP contribution is 2.36. The van der Waals surface area contributed by atoms with Crippen molar-refractivity contribution in [2.24, 2.45) is 11.7 Å². The Morgan fingerprint density at radius 1 is 1.23 bits per heavy atom. The van der Waals surface area contributed by atoms with E-state index in [1.807, 2.05) is 0 Å². The minimum Gasteiger partial charge on any atom is -0.486 e. The normalized spacial score (nSPS) is 18.4. The molecule has 1 aromatic rings. The first-order valence-corrected chi connectivity index (χ1v) is 7.90. The summed E-state index contributed by atoms with van der Waals surface area (Å²) in [7, 11) is 0. The van der Waals surface area contributed by atoms with E-state index in [0.29, 0.717) is 30.4 Å². The molecule has 0 aromatic heterocycles. The Balaban J connectivity index is 1.60. The zero-order valence-electron chi connectivity index (χ0n) is 13.7. The lowest BCUT2D eigenvalue weighted by atomic mass is 10.1. The molecule has 3 rings (SSSR count). The molecule has 0 bridgehead atoms. The molecule has 4 amide bonds. The minimum absolute atomic E-state index is 0.0370. The first-order valence-electron chi connectivity index (χ1n) is 7.90. The SMILES string of the molecule is NC(=O)NC(=O)COC(=O)C1CC(=O)N(c2ccc3c(c2)OCCO3)C1. The van der Waals surface area contributed by atoms with Gasteiger partial charge in [0, 0.05) is 24.7 Å². The molecule has 26 heavy (non-hydrogen) atoms. The summed E-state index contributed by atoms with van der Waals surface area (Å²) in [6.45, 7) is 0.365. The number of anilines is 1. The smallest absolute Gasteiger partial charge is 0.318 e.